The summed E-state index contributed by atoms with van der Waals surface area (Å²) in [5.74, 6) is 1.39. The third kappa shape index (κ3) is 4.05. The molecule has 1 fully saturated rings. The van der Waals surface area contributed by atoms with Crippen molar-refractivity contribution in [3.63, 3.8) is 0 Å². The Bertz CT molecular complexity index is 1200. The van der Waals surface area contributed by atoms with Gasteiger partial charge in [0.05, 0.1) is 35.2 Å². The van der Waals surface area contributed by atoms with Crippen molar-refractivity contribution in [2.24, 2.45) is 0 Å². The highest BCUT2D eigenvalue weighted by atomic mass is 16.5. The van der Waals surface area contributed by atoms with E-state index in [0.29, 0.717) is 18.4 Å². The Labute approximate surface area is 201 Å². The molecule has 0 radical (unpaired) electrons. The summed E-state index contributed by atoms with van der Waals surface area (Å²) in [5.41, 5.74) is 6.24. The summed E-state index contributed by atoms with van der Waals surface area (Å²) < 4.78 is 7.58. The van der Waals surface area contributed by atoms with Gasteiger partial charge in [-0.05, 0) is 50.7 Å². The number of ether oxygens (including phenoxy) is 1. The summed E-state index contributed by atoms with van der Waals surface area (Å²) in [7, 11) is 1.45. The van der Waals surface area contributed by atoms with Gasteiger partial charge in [-0.3, -0.25) is 14.9 Å². The lowest BCUT2D eigenvalue weighted by molar-refractivity contribution is 0.175. The Morgan fingerprint density at radius 1 is 1.12 bits per heavy atom. The zero-order valence-corrected chi connectivity index (χ0v) is 20.8. The van der Waals surface area contributed by atoms with Crippen LogP contribution in [0.25, 0.3) is 11.0 Å². The van der Waals surface area contributed by atoms with Crippen molar-refractivity contribution in [2.75, 3.05) is 12.0 Å². The van der Waals surface area contributed by atoms with Crippen LogP contribution in [0.1, 0.15) is 94.0 Å². The Balaban J connectivity index is 1.64. The van der Waals surface area contributed by atoms with Gasteiger partial charge in [0.15, 0.2) is 0 Å². The number of carbonyl (C=O) groups excluding carboxylic acids is 1. The van der Waals surface area contributed by atoms with Crippen LogP contribution in [-0.4, -0.2) is 38.8 Å². The van der Waals surface area contributed by atoms with E-state index in [9.17, 15) is 4.79 Å². The molecule has 1 atom stereocenters. The van der Waals surface area contributed by atoms with Gasteiger partial charge in [-0.15, -0.1) is 0 Å². The molecule has 2 aromatic heterocycles. The van der Waals surface area contributed by atoms with Gasteiger partial charge in [-0.2, -0.15) is 0 Å². The van der Waals surface area contributed by atoms with Crippen molar-refractivity contribution in [3.05, 3.63) is 47.3 Å². The molecule has 5 rings (SSSR count). The van der Waals surface area contributed by atoms with Crippen molar-refractivity contribution in [1.82, 2.24) is 19.5 Å². The number of anilines is 1. The van der Waals surface area contributed by atoms with Crippen LogP contribution >= 0.6 is 0 Å². The zero-order valence-electron chi connectivity index (χ0n) is 20.8. The third-order valence-electron chi connectivity index (χ3n) is 7.47. The van der Waals surface area contributed by atoms with Gasteiger partial charge >= 0.3 is 6.09 Å². The van der Waals surface area contributed by atoms with E-state index in [1.165, 1.54) is 44.7 Å². The minimum absolute atomic E-state index is 0.103. The average molecular weight is 462 g/mol. The van der Waals surface area contributed by atoms with Crippen molar-refractivity contribution in [2.45, 2.75) is 90.1 Å². The molecule has 7 nitrogen and oxygen atoms in total. The fourth-order valence-corrected chi connectivity index (χ4v) is 5.64. The highest BCUT2D eigenvalue weighted by Gasteiger charge is 2.32. The molecule has 1 aliphatic heterocycles. The number of hydrogen-bond acceptors (Lipinski definition) is 5. The van der Waals surface area contributed by atoms with Crippen LogP contribution in [0.3, 0.4) is 0 Å². The number of rotatable bonds is 4. The normalized spacial score (nSPS) is 19.0. The largest absolute Gasteiger partial charge is 0.452 e. The molecule has 7 heteroatoms. The molecule has 1 aromatic carbocycles. The summed E-state index contributed by atoms with van der Waals surface area (Å²) in [6.07, 6.45) is 12.1. The maximum absolute atomic E-state index is 12.6. The summed E-state index contributed by atoms with van der Waals surface area (Å²) in [5, 5.41) is 0. The second-order valence-corrected chi connectivity index (χ2v) is 10.1. The van der Waals surface area contributed by atoms with Gasteiger partial charge in [-0.25, -0.2) is 9.78 Å². The Morgan fingerprint density at radius 3 is 2.65 bits per heavy atom. The SMILES string of the molecule is COC(=O)N1c2ccc3c(nc(Cc4cncc(C(C)C)n4)n3C3CCCCC3)c2CC[C@@H]1C. The van der Waals surface area contributed by atoms with E-state index in [4.69, 9.17) is 14.7 Å². The van der Waals surface area contributed by atoms with Gasteiger partial charge in [0.2, 0.25) is 0 Å². The van der Waals surface area contributed by atoms with Crippen LogP contribution in [0.15, 0.2) is 24.5 Å². The smallest absolute Gasteiger partial charge is 0.414 e. The molecule has 34 heavy (non-hydrogen) atoms. The topological polar surface area (TPSA) is 73.1 Å². The monoisotopic (exact) mass is 461 g/mol. The number of imidazole rings is 1. The maximum Gasteiger partial charge on any atom is 0.414 e. The lowest BCUT2D eigenvalue weighted by atomic mass is 9.94. The summed E-state index contributed by atoms with van der Waals surface area (Å²) in [4.78, 5) is 28.9. The quantitative estimate of drug-likeness (QED) is 0.480. The minimum atomic E-state index is -0.305. The lowest BCUT2D eigenvalue weighted by Gasteiger charge is -2.34. The predicted octanol–water partition coefficient (Wildman–Crippen LogP) is 5.95. The molecule has 0 saturated heterocycles. The molecular formula is C27H35N5O2. The number of nitrogens with zero attached hydrogens (tertiary/aromatic N) is 5. The van der Waals surface area contributed by atoms with Gasteiger partial charge in [0.1, 0.15) is 5.82 Å². The summed E-state index contributed by atoms with van der Waals surface area (Å²) >= 11 is 0. The first-order valence-corrected chi connectivity index (χ1v) is 12.7. The lowest BCUT2D eigenvalue weighted by Crippen LogP contribution is -2.42. The summed E-state index contributed by atoms with van der Waals surface area (Å²) in [6, 6.07) is 4.80. The van der Waals surface area contributed by atoms with Crippen molar-refractivity contribution in [3.8, 4) is 0 Å². The Kier molecular flexibility index (Phi) is 6.28. The molecule has 1 amide bonds. The average Bonchev–Trinajstić information content (AvgIpc) is 3.22. The molecule has 1 aliphatic carbocycles. The standard InChI is InChI=1S/C27H35N5O2/c1-17(2)22-16-28-15-19(29-22)14-25-30-26-21-11-10-18(3)31(27(33)34-4)23(21)12-13-24(26)32(25)20-8-6-5-7-9-20/h12-13,15-18,20H,5-11,14H2,1-4H3/t18-/m0/s1. The number of carbonyl (C=O) groups is 1. The molecule has 180 valence electrons. The first kappa shape index (κ1) is 22.8. The molecule has 1 saturated carbocycles. The van der Waals surface area contributed by atoms with Crippen LogP contribution < -0.4 is 4.90 Å². The van der Waals surface area contributed by atoms with E-state index < -0.39 is 0 Å². The number of aryl methyl sites for hydroxylation is 1. The Hall–Kier alpha value is -2.96. The fourth-order valence-electron chi connectivity index (χ4n) is 5.64. The van der Waals surface area contributed by atoms with Crippen LogP contribution in [0.4, 0.5) is 10.5 Å². The molecule has 0 bridgehead atoms. The van der Waals surface area contributed by atoms with E-state index in [1.807, 2.05) is 12.4 Å². The zero-order chi connectivity index (χ0) is 23.8. The predicted molar refractivity (Wildman–Crippen MR) is 133 cm³/mol. The number of amides is 1. The number of methoxy groups -OCH3 is 1. The number of hydrogen-bond donors (Lipinski definition) is 0. The van der Waals surface area contributed by atoms with E-state index >= 15 is 0 Å². The van der Waals surface area contributed by atoms with Gasteiger partial charge in [0.25, 0.3) is 0 Å². The van der Waals surface area contributed by atoms with Crippen LogP contribution in [-0.2, 0) is 17.6 Å². The van der Waals surface area contributed by atoms with Crippen molar-refractivity contribution in [1.29, 1.82) is 0 Å². The maximum atomic E-state index is 12.6. The fraction of sp³-hybridized carbons (Fsp3) is 0.556. The highest BCUT2D eigenvalue weighted by molar-refractivity contribution is 5.95. The van der Waals surface area contributed by atoms with Crippen LogP contribution in [0.2, 0.25) is 0 Å². The molecule has 3 heterocycles. The van der Waals surface area contributed by atoms with Gasteiger partial charge in [0, 0.05) is 36.5 Å². The third-order valence-corrected chi connectivity index (χ3v) is 7.47. The van der Waals surface area contributed by atoms with E-state index in [2.05, 4.69) is 42.5 Å². The Morgan fingerprint density at radius 2 is 1.91 bits per heavy atom. The minimum Gasteiger partial charge on any atom is -0.452 e. The number of aromatic nitrogens is 4. The molecule has 0 unspecified atom stereocenters. The first-order chi connectivity index (χ1) is 16.5. The summed E-state index contributed by atoms with van der Waals surface area (Å²) in [6.45, 7) is 6.37. The molecular weight excluding hydrogens is 426 g/mol. The second-order valence-electron chi connectivity index (χ2n) is 10.1. The molecule has 0 spiro atoms. The van der Waals surface area contributed by atoms with Crippen LogP contribution in [0, 0.1) is 0 Å². The number of benzene rings is 1. The van der Waals surface area contributed by atoms with Crippen LogP contribution in [0.5, 0.6) is 0 Å². The van der Waals surface area contributed by atoms with Crippen molar-refractivity contribution >= 4 is 22.8 Å². The van der Waals surface area contributed by atoms with Crippen molar-refractivity contribution < 1.29 is 9.53 Å². The first-order valence-electron chi connectivity index (χ1n) is 12.7. The van der Waals surface area contributed by atoms with E-state index in [-0.39, 0.29) is 12.1 Å². The molecule has 3 aromatic rings. The molecule has 0 N–H and O–H groups in total. The van der Waals surface area contributed by atoms with Gasteiger partial charge in [-0.1, -0.05) is 33.1 Å². The van der Waals surface area contributed by atoms with Gasteiger partial charge < -0.3 is 9.30 Å². The number of fused-ring (bicyclic) bond motifs is 3. The van der Waals surface area contributed by atoms with E-state index in [0.717, 1.165) is 46.8 Å². The molecule has 2 aliphatic rings. The second kappa shape index (κ2) is 9.35. The highest BCUT2D eigenvalue weighted by Crippen LogP contribution is 2.39. The van der Waals surface area contributed by atoms with E-state index in [1.54, 1.807) is 4.90 Å².